The number of rotatable bonds is 4. The Bertz CT molecular complexity index is 715. The Kier molecular flexibility index (Phi) is 5.61. The summed E-state index contributed by atoms with van der Waals surface area (Å²) >= 11 is 12.0. The van der Waals surface area contributed by atoms with Crippen LogP contribution in [0.4, 0.5) is 11.4 Å². The van der Waals surface area contributed by atoms with Crippen molar-refractivity contribution in [1.82, 2.24) is 0 Å². The number of halogens is 2. The minimum Gasteiger partial charge on any atom is -0.360 e. The first kappa shape index (κ1) is 17.1. The standard InChI is InChI=1S/C18H19Cl2N3O/c19-14-3-1-5-16(11-14)21-18(24)13-22-7-9-23(10-8-22)17-6-2-4-15(20)12-17/h1-6,11-12H,7-10,13H2,(H,21,24)/p+1. The van der Waals surface area contributed by atoms with Crippen LogP contribution in [0.15, 0.2) is 48.5 Å². The molecule has 0 spiro atoms. The summed E-state index contributed by atoms with van der Waals surface area (Å²) in [6.45, 7) is 4.15. The second kappa shape index (κ2) is 7.88. The van der Waals surface area contributed by atoms with Crippen molar-refractivity contribution < 1.29 is 9.69 Å². The van der Waals surface area contributed by atoms with E-state index in [4.69, 9.17) is 23.2 Å². The summed E-state index contributed by atoms with van der Waals surface area (Å²) < 4.78 is 0. The molecular weight excluding hydrogens is 345 g/mol. The van der Waals surface area contributed by atoms with Gasteiger partial charge in [0.15, 0.2) is 6.54 Å². The topological polar surface area (TPSA) is 36.8 Å². The average Bonchev–Trinajstić information content (AvgIpc) is 2.55. The van der Waals surface area contributed by atoms with Gasteiger partial charge >= 0.3 is 0 Å². The van der Waals surface area contributed by atoms with Crippen LogP contribution in [0.2, 0.25) is 10.0 Å². The fraction of sp³-hybridized carbons (Fsp3) is 0.278. The van der Waals surface area contributed by atoms with E-state index in [0.717, 1.165) is 42.6 Å². The van der Waals surface area contributed by atoms with Gasteiger partial charge in [0, 0.05) is 21.4 Å². The fourth-order valence-corrected chi connectivity index (χ4v) is 3.30. The number of hydrogen-bond acceptors (Lipinski definition) is 2. The van der Waals surface area contributed by atoms with E-state index in [-0.39, 0.29) is 5.91 Å². The molecule has 126 valence electrons. The van der Waals surface area contributed by atoms with Crippen LogP contribution in [0.5, 0.6) is 0 Å². The van der Waals surface area contributed by atoms with E-state index in [1.165, 1.54) is 4.90 Å². The zero-order chi connectivity index (χ0) is 16.9. The summed E-state index contributed by atoms with van der Waals surface area (Å²) in [7, 11) is 0. The summed E-state index contributed by atoms with van der Waals surface area (Å²) in [6, 6.07) is 15.1. The summed E-state index contributed by atoms with van der Waals surface area (Å²) in [5.41, 5.74) is 1.88. The van der Waals surface area contributed by atoms with Gasteiger partial charge < -0.3 is 15.1 Å². The molecule has 0 bridgehead atoms. The second-order valence-corrected chi connectivity index (χ2v) is 6.83. The molecule has 1 aliphatic rings. The molecule has 0 unspecified atom stereocenters. The second-order valence-electron chi connectivity index (χ2n) is 5.95. The SMILES string of the molecule is O=C(C[NH+]1CCN(c2cccc(Cl)c2)CC1)Nc1cccc(Cl)c1. The maximum atomic E-state index is 12.2. The van der Waals surface area contributed by atoms with Crippen molar-refractivity contribution in [3.05, 3.63) is 58.6 Å². The third kappa shape index (κ3) is 4.63. The van der Waals surface area contributed by atoms with Crippen molar-refractivity contribution in [3.8, 4) is 0 Å². The van der Waals surface area contributed by atoms with Crippen LogP contribution < -0.4 is 15.1 Å². The van der Waals surface area contributed by atoms with Crippen molar-refractivity contribution in [2.24, 2.45) is 0 Å². The maximum Gasteiger partial charge on any atom is 0.279 e. The van der Waals surface area contributed by atoms with Gasteiger partial charge in [0.2, 0.25) is 0 Å². The van der Waals surface area contributed by atoms with Crippen molar-refractivity contribution in [3.63, 3.8) is 0 Å². The predicted molar refractivity (Wildman–Crippen MR) is 99.3 cm³/mol. The number of nitrogens with zero attached hydrogens (tertiary/aromatic N) is 1. The van der Waals surface area contributed by atoms with Crippen molar-refractivity contribution in [1.29, 1.82) is 0 Å². The minimum atomic E-state index is 0.0171. The number of piperazine rings is 1. The molecule has 1 amide bonds. The molecule has 1 aliphatic heterocycles. The molecule has 3 rings (SSSR count). The Morgan fingerprint density at radius 3 is 2.38 bits per heavy atom. The fourth-order valence-electron chi connectivity index (χ4n) is 2.93. The molecule has 6 heteroatoms. The van der Waals surface area contributed by atoms with Gasteiger partial charge in [-0.1, -0.05) is 35.3 Å². The van der Waals surface area contributed by atoms with Crippen LogP contribution >= 0.6 is 23.2 Å². The van der Waals surface area contributed by atoms with Gasteiger partial charge in [-0.25, -0.2) is 0 Å². The van der Waals surface area contributed by atoms with E-state index >= 15 is 0 Å². The third-order valence-corrected chi connectivity index (χ3v) is 4.63. The van der Waals surface area contributed by atoms with Crippen molar-refractivity contribution in [2.75, 3.05) is 42.9 Å². The van der Waals surface area contributed by atoms with Gasteiger partial charge in [-0.2, -0.15) is 0 Å². The smallest absolute Gasteiger partial charge is 0.279 e. The summed E-state index contributed by atoms with van der Waals surface area (Å²) in [6.07, 6.45) is 0. The van der Waals surface area contributed by atoms with Crippen LogP contribution in [0.25, 0.3) is 0 Å². The number of carbonyl (C=O) groups is 1. The van der Waals surface area contributed by atoms with Crippen LogP contribution in [0.1, 0.15) is 0 Å². The molecule has 2 aromatic carbocycles. The Labute approximate surface area is 152 Å². The first-order chi connectivity index (χ1) is 11.6. The maximum absolute atomic E-state index is 12.2. The van der Waals surface area contributed by atoms with E-state index < -0.39 is 0 Å². The van der Waals surface area contributed by atoms with Crippen LogP contribution in [0, 0.1) is 0 Å². The number of nitrogens with one attached hydrogen (secondary N) is 2. The highest BCUT2D eigenvalue weighted by Crippen LogP contribution is 2.19. The number of quaternary nitrogens is 1. The molecular formula is C18H20Cl2N3O+. The Balaban J connectivity index is 1.49. The predicted octanol–water partition coefficient (Wildman–Crippen LogP) is 2.34. The van der Waals surface area contributed by atoms with Crippen LogP contribution in [0.3, 0.4) is 0 Å². The van der Waals surface area contributed by atoms with Gasteiger partial charge in [0.05, 0.1) is 26.2 Å². The molecule has 2 aromatic rings. The molecule has 4 nitrogen and oxygen atoms in total. The number of benzene rings is 2. The molecule has 2 N–H and O–H groups in total. The Hall–Kier alpha value is -1.75. The minimum absolute atomic E-state index is 0.0171. The van der Waals surface area contributed by atoms with E-state index in [1.807, 2.05) is 30.3 Å². The normalized spacial score (nSPS) is 15.3. The lowest BCUT2D eigenvalue weighted by Gasteiger charge is -2.33. The lowest BCUT2D eigenvalue weighted by Crippen LogP contribution is -3.15. The number of anilines is 2. The number of carbonyl (C=O) groups excluding carboxylic acids is 1. The highest BCUT2D eigenvalue weighted by Gasteiger charge is 2.22. The first-order valence-electron chi connectivity index (χ1n) is 8.00. The van der Waals surface area contributed by atoms with Crippen LogP contribution in [-0.4, -0.2) is 38.6 Å². The Morgan fingerprint density at radius 2 is 1.71 bits per heavy atom. The summed E-state index contributed by atoms with van der Waals surface area (Å²) in [5.74, 6) is 0.0171. The zero-order valence-electron chi connectivity index (χ0n) is 13.3. The molecule has 0 radical (unpaired) electrons. The molecule has 0 aromatic heterocycles. The lowest BCUT2D eigenvalue weighted by molar-refractivity contribution is -0.892. The average molecular weight is 365 g/mol. The highest BCUT2D eigenvalue weighted by molar-refractivity contribution is 6.31. The van der Waals surface area contributed by atoms with Gasteiger partial charge in [-0.05, 0) is 36.4 Å². The highest BCUT2D eigenvalue weighted by atomic mass is 35.5. The van der Waals surface area contributed by atoms with Gasteiger partial charge in [-0.3, -0.25) is 4.79 Å². The summed E-state index contributed by atoms with van der Waals surface area (Å²) in [4.78, 5) is 15.8. The first-order valence-corrected chi connectivity index (χ1v) is 8.75. The molecule has 0 aliphatic carbocycles. The quantitative estimate of drug-likeness (QED) is 0.873. The monoisotopic (exact) mass is 364 g/mol. The lowest BCUT2D eigenvalue weighted by atomic mass is 10.2. The molecule has 0 atom stereocenters. The molecule has 1 saturated heterocycles. The number of hydrogen-bond donors (Lipinski definition) is 2. The summed E-state index contributed by atoms with van der Waals surface area (Å²) in [5, 5.41) is 4.28. The van der Waals surface area contributed by atoms with Gasteiger partial charge in [0.1, 0.15) is 0 Å². The van der Waals surface area contributed by atoms with E-state index in [1.54, 1.807) is 12.1 Å². The van der Waals surface area contributed by atoms with E-state index in [2.05, 4.69) is 16.3 Å². The van der Waals surface area contributed by atoms with Gasteiger partial charge in [-0.15, -0.1) is 0 Å². The largest absolute Gasteiger partial charge is 0.360 e. The molecule has 1 heterocycles. The number of amides is 1. The van der Waals surface area contributed by atoms with Gasteiger partial charge in [0.25, 0.3) is 5.91 Å². The van der Waals surface area contributed by atoms with E-state index in [9.17, 15) is 4.79 Å². The van der Waals surface area contributed by atoms with Crippen molar-refractivity contribution >= 4 is 40.5 Å². The van der Waals surface area contributed by atoms with Crippen molar-refractivity contribution in [2.45, 2.75) is 0 Å². The zero-order valence-corrected chi connectivity index (χ0v) is 14.8. The molecule has 24 heavy (non-hydrogen) atoms. The molecule has 1 fully saturated rings. The van der Waals surface area contributed by atoms with E-state index in [0.29, 0.717) is 11.6 Å². The van der Waals surface area contributed by atoms with Crippen LogP contribution in [-0.2, 0) is 4.79 Å². The third-order valence-electron chi connectivity index (χ3n) is 4.16. The Morgan fingerprint density at radius 1 is 1.04 bits per heavy atom. The molecule has 0 saturated carbocycles.